The number of hydrogen-bond donors (Lipinski definition) is 1. The standard InChI is InChI=1S/C63H114O3/c1-10-11-12-13-14-15-16-17-18-19-20-21-22-23-24-25-26-27-28-29-30-31-32-33-34-35-36-37-38-39-57(65)66-56-43-44-60(7)54(59(56,5)6)42-45-61(8)55(60)41-40-52-53-49-58(3,4)46-47-63(53,50-64)51(2)48-62(52,61)9/h40,51,53-56,64H,10-39,41-50H2,1-9H3/t51-,53+,54-,55+,56+,60-,61+,62+,63-/m0/s1. The van der Waals surface area contributed by atoms with E-state index in [0.717, 1.165) is 19.3 Å². The van der Waals surface area contributed by atoms with Crippen LogP contribution in [-0.4, -0.2) is 23.8 Å². The molecule has 0 saturated heterocycles. The van der Waals surface area contributed by atoms with Crippen molar-refractivity contribution in [2.75, 3.05) is 6.61 Å². The molecule has 0 unspecified atom stereocenters. The normalized spacial score (nSPS) is 33.3. The number of esters is 1. The number of hydrogen-bond acceptors (Lipinski definition) is 3. The summed E-state index contributed by atoms with van der Waals surface area (Å²) in [7, 11) is 0. The number of aliphatic hydroxyl groups excluding tert-OH is 1. The van der Waals surface area contributed by atoms with Crippen LogP contribution in [0.5, 0.6) is 0 Å². The smallest absolute Gasteiger partial charge is 0.306 e. The number of rotatable bonds is 32. The molecule has 0 aromatic rings. The molecule has 0 radical (unpaired) electrons. The lowest BCUT2D eigenvalue weighted by Crippen LogP contribution is -2.66. The Kier molecular flexibility index (Phi) is 22.6. The van der Waals surface area contributed by atoms with Crippen molar-refractivity contribution in [2.24, 2.45) is 56.2 Å². The van der Waals surface area contributed by atoms with E-state index in [0.29, 0.717) is 42.1 Å². The highest BCUT2D eigenvalue weighted by Gasteiger charge is 2.69. The Balaban J connectivity index is 0.870. The molecule has 0 spiro atoms. The first-order valence-electron chi connectivity index (χ1n) is 30.1. The zero-order chi connectivity index (χ0) is 47.7. The fourth-order valence-electron chi connectivity index (χ4n) is 16.7. The van der Waals surface area contributed by atoms with Crippen LogP contribution < -0.4 is 0 Å². The summed E-state index contributed by atoms with van der Waals surface area (Å²) in [5.74, 6) is 2.31. The van der Waals surface area contributed by atoms with E-state index in [9.17, 15) is 9.90 Å². The maximum absolute atomic E-state index is 13.4. The van der Waals surface area contributed by atoms with Gasteiger partial charge in [0.2, 0.25) is 0 Å². The highest BCUT2D eigenvalue weighted by molar-refractivity contribution is 5.69. The zero-order valence-corrected chi connectivity index (χ0v) is 46.0. The molecule has 3 heteroatoms. The average Bonchev–Trinajstić information content (AvgIpc) is 3.27. The molecule has 5 aliphatic carbocycles. The van der Waals surface area contributed by atoms with Gasteiger partial charge in [-0.25, -0.2) is 0 Å². The molecule has 0 amide bonds. The maximum Gasteiger partial charge on any atom is 0.306 e. The zero-order valence-electron chi connectivity index (χ0n) is 46.0. The molecular formula is C63H114O3. The Labute approximate surface area is 412 Å². The van der Waals surface area contributed by atoms with E-state index >= 15 is 0 Å². The molecule has 3 nitrogen and oxygen atoms in total. The van der Waals surface area contributed by atoms with Crippen molar-refractivity contribution < 1.29 is 14.6 Å². The molecule has 5 rings (SSSR count). The van der Waals surface area contributed by atoms with Crippen molar-refractivity contribution in [1.29, 1.82) is 0 Å². The fourth-order valence-corrected chi connectivity index (χ4v) is 16.7. The van der Waals surface area contributed by atoms with Crippen LogP contribution in [0.1, 0.15) is 313 Å². The minimum Gasteiger partial charge on any atom is -0.462 e. The summed E-state index contributed by atoms with van der Waals surface area (Å²) in [6.07, 6.45) is 55.0. The number of carbonyl (C=O) groups excluding carboxylic acids is 1. The summed E-state index contributed by atoms with van der Waals surface area (Å²) in [5.41, 5.74) is 2.79. The van der Waals surface area contributed by atoms with Gasteiger partial charge in [0, 0.05) is 23.9 Å². The third-order valence-corrected chi connectivity index (χ3v) is 21.3. The van der Waals surface area contributed by atoms with Crippen LogP contribution in [0.2, 0.25) is 0 Å². The van der Waals surface area contributed by atoms with E-state index in [1.807, 2.05) is 0 Å². The van der Waals surface area contributed by atoms with Crippen LogP contribution in [-0.2, 0) is 9.53 Å². The van der Waals surface area contributed by atoms with E-state index in [1.54, 1.807) is 5.57 Å². The molecule has 0 bridgehead atoms. The van der Waals surface area contributed by atoms with Gasteiger partial charge in [-0.2, -0.15) is 0 Å². The minimum absolute atomic E-state index is 0.0145. The average molecular weight is 920 g/mol. The molecule has 9 atom stereocenters. The molecule has 1 N–H and O–H groups in total. The van der Waals surface area contributed by atoms with Crippen molar-refractivity contribution in [3.63, 3.8) is 0 Å². The van der Waals surface area contributed by atoms with Crippen molar-refractivity contribution >= 4 is 5.97 Å². The lowest BCUT2D eigenvalue weighted by Gasteiger charge is -2.72. The van der Waals surface area contributed by atoms with Crippen LogP contribution in [0.4, 0.5) is 0 Å². The van der Waals surface area contributed by atoms with Crippen molar-refractivity contribution in [1.82, 2.24) is 0 Å². The Morgan fingerprint density at radius 3 is 1.48 bits per heavy atom. The second kappa shape index (κ2) is 26.6. The second-order valence-corrected chi connectivity index (χ2v) is 26.7. The summed E-state index contributed by atoms with van der Waals surface area (Å²) in [6, 6.07) is 0. The summed E-state index contributed by atoms with van der Waals surface area (Å²) >= 11 is 0. The first kappa shape index (κ1) is 56.1. The number of carbonyl (C=O) groups is 1. The highest BCUT2D eigenvalue weighted by atomic mass is 16.5. The van der Waals surface area contributed by atoms with Crippen LogP contribution >= 0.6 is 0 Å². The van der Waals surface area contributed by atoms with Gasteiger partial charge >= 0.3 is 5.97 Å². The van der Waals surface area contributed by atoms with Gasteiger partial charge in [0.1, 0.15) is 6.10 Å². The minimum atomic E-state index is -0.0145. The van der Waals surface area contributed by atoms with Crippen LogP contribution in [0, 0.1) is 56.2 Å². The third kappa shape index (κ3) is 14.0. The summed E-state index contributed by atoms with van der Waals surface area (Å²) in [6.45, 7) is 23.0. The molecule has 0 aromatic heterocycles. The van der Waals surface area contributed by atoms with Crippen molar-refractivity contribution in [2.45, 2.75) is 319 Å². The quantitative estimate of drug-likeness (QED) is 0.0415. The van der Waals surface area contributed by atoms with Crippen molar-refractivity contribution in [3.05, 3.63) is 11.6 Å². The monoisotopic (exact) mass is 919 g/mol. The Hall–Kier alpha value is -0.830. The van der Waals surface area contributed by atoms with Gasteiger partial charge in [0.15, 0.2) is 0 Å². The molecule has 4 saturated carbocycles. The number of unbranched alkanes of at least 4 members (excludes halogenated alkanes) is 28. The van der Waals surface area contributed by atoms with Gasteiger partial charge in [0.05, 0.1) is 0 Å². The largest absolute Gasteiger partial charge is 0.462 e. The summed E-state index contributed by atoms with van der Waals surface area (Å²) < 4.78 is 6.47. The number of fused-ring (bicyclic) bond motifs is 7. The van der Waals surface area contributed by atoms with Crippen LogP contribution in [0.3, 0.4) is 0 Å². The maximum atomic E-state index is 13.4. The SMILES string of the molecule is CCCCCCCCCCCCCCCCCCCCCCCCCCCCCCCC(=O)O[C@@H]1CC[C@]2(C)[C@H]3CC=C4[C@H]5CC(C)(C)CC[C@]5(CO)[C@@H](C)C[C@@]4(C)[C@]3(C)CC[C@H]2C1(C)C. The molecule has 0 heterocycles. The lowest BCUT2D eigenvalue weighted by atomic mass is 9.32. The molecule has 4 fully saturated rings. The molecule has 66 heavy (non-hydrogen) atoms. The van der Waals surface area contributed by atoms with Gasteiger partial charge in [0.25, 0.3) is 0 Å². The van der Waals surface area contributed by atoms with Gasteiger partial charge < -0.3 is 9.84 Å². The van der Waals surface area contributed by atoms with E-state index in [2.05, 4.69) is 68.4 Å². The Morgan fingerprint density at radius 1 is 0.576 bits per heavy atom. The van der Waals surface area contributed by atoms with Crippen LogP contribution in [0.25, 0.3) is 0 Å². The van der Waals surface area contributed by atoms with E-state index in [-0.39, 0.29) is 39.1 Å². The van der Waals surface area contributed by atoms with E-state index < -0.39 is 0 Å². The van der Waals surface area contributed by atoms with Gasteiger partial charge in [-0.15, -0.1) is 0 Å². The predicted molar refractivity (Wildman–Crippen MR) is 285 cm³/mol. The Bertz CT molecular complexity index is 1430. The first-order valence-corrected chi connectivity index (χ1v) is 30.1. The van der Waals surface area contributed by atoms with Crippen LogP contribution in [0.15, 0.2) is 11.6 Å². The summed E-state index contributed by atoms with van der Waals surface area (Å²) in [5, 5.41) is 11.1. The highest BCUT2D eigenvalue weighted by Crippen LogP contribution is 2.76. The second-order valence-electron chi connectivity index (χ2n) is 26.7. The van der Waals surface area contributed by atoms with Gasteiger partial charge in [-0.1, -0.05) is 254 Å². The number of aliphatic hydroxyl groups is 1. The topological polar surface area (TPSA) is 46.5 Å². The molecule has 0 aromatic carbocycles. The van der Waals surface area contributed by atoms with E-state index in [1.165, 1.54) is 225 Å². The molecular weight excluding hydrogens is 805 g/mol. The third-order valence-electron chi connectivity index (χ3n) is 21.3. The number of ether oxygens (including phenoxy) is 1. The summed E-state index contributed by atoms with van der Waals surface area (Å²) in [4.78, 5) is 13.4. The number of allylic oxidation sites excluding steroid dienone is 2. The Morgan fingerprint density at radius 2 is 1.03 bits per heavy atom. The fraction of sp³-hybridized carbons (Fsp3) is 0.952. The van der Waals surface area contributed by atoms with Crippen molar-refractivity contribution in [3.8, 4) is 0 Å². The predicted octanol–water partition coefficient (Wildman–Crippen LogP) is 19.7. The molecule has 5 aliphatic rings. The lowest BCUT2D eigenvalue weighted by molar-refractivity contribution is -0.217. The molecule has 0 aliphatic heterocycles. The van der Waals surface area contributed by atoms with Gasteiger partial charge in [-0.05, 0) is 110 Å². The molecule has 384 valence electrons. The first-order chi connectivity index (χ1) is 31.6. The van der Waals surface area contributed by atoms with Gasteiger partial charge in [-0.3, -0.25) is 4.79 Å². The van der Waals surface area contributed by atoms with E-state index in [4.69, 9.17) is 4.74 Å².